The van der Waals surface area contributed by atoms with Crippen LogP contribution >= 0.6 is 0 Å². The predicted octanol–water partition coefficient (Wildman–Crippen LogP) is -0.357. The molecule has 7 nitrogen and oxygen atoms in total. The van der Waals surface area contributed by atoms with Gasteiger partial charge in [-0.1, -0.05) is 5.16 Å². The maximum atomic E-state index is 11.9. The Balaban J connectivity index is 2.21. The van der Waals surface area contributed by atoms with Gasteiger partial charge >= 0.3 is 5.97 Å². The van der Waals surface area contributed by atoms with Gasteiger partial charge in [-0.3, -0.25) is 4.79 Å². The predicted molar refractivity (Wildman–Crippen MR) is 54.3 cm³/mol. The van der Waals surface area contributed by atoms with E-state index in [1.807, 2.05) is 0 Å². The van der Waals surface area contributed by atoms with E-state index < -0.39 is 24.0 Å². The van der Waals surface area contributed by atoms with E-state index in [4.69, 9.17) is 9.63 Å². The van der Waals surface area contributed by atoms with Crippen molar-refractivity contribution in [3.05, 3.63) is 17.5 Å². The smallest absolute Gasteiger partial charge is 0.326 e. The van der Waals surface area contributed by atoms with Gasteiger partial charge in [0.05, 0.1) is 6.10 Å². The molecule has 1 aromatic rings. The summed E-state index contributed by atoms with van der Waals surface area (Å²) >= 11 is 0. The van der Waals surface area contributed by atoms with Crippen molar-refractivity contribution < 1.29 is 24.3 Å². The van der Waals surface area contributed by atoms with Gasteiger partial charge in [0.2, 0.25) is 0 Å². The Morgan fingerprint density at radius 3 is 2.82 bits per heavy atom. The lowest BCUT2D eigenvalue weighted by atomic mass is 10.2. The van der Waals surface area contributed by atoms with Gasteiger partial charge in [-0.05, 0) is 6.92 Å². The van der Waals surface area contributed by atoms with Gasteiger partial charge in [-0.2, -0.15) is 0 Å². The lowest BCUT2D eigenvalue weighted by molar-refractivity contribution is -0.141. The number of carboxylic acid groups (broad SMARTS) is 1. The molecule has 1 aliphatic heterocycles. The number of amides is 1. The number of carbonyl (C=O) groups excluding carboxylic acids is 1. The molecule has 2 rings (SSSR count). The highest BCUT2D eigenvalue weighted by molar-refractivity contribution is 5.95. The van der Waals surface area contributed by atoms with Crippen LogP contribution in [-0.2, 0) is 4.79 Å². The van der Waals surface area contributed by atoms with Crippen LogP contribution in [0.1, 0.15) is 22.7 Å². The summed E-state index contributed by atoms with van der Waals surface area (Å²) in [6.45, 7) is 1.64. The maximum Gasteiger partial charge on any atom is 0.326 e. The molecule has 0 spiro atoms. The quantitative estimate of drug-likeness (QED) is 0.731. The highest BCUT2D eigenvalue weighted by Crippen LogP contribution is 2.20. The Bertz CT molecular complexity index is 455. The van der Waals surface area contributed by atoms with E-state index in [1.165, 1.54) is 6.07 Å². The van der Waals surface area contributed by atoms with Gasteiger partial charge in [0.1, 0.15) is 11.8 Å². The third-order valence-corrected chi connectivity index (χ3v) is 2.67. The molecular formula is C10H12N2O5. The second-order valence-electron chi connectivity index (χ2n) is 4.02. The zero-order valence-electron chi connectivity index (χ0n) is 9.16. The number of rotatable bonds is 2. The standard InChI is InChI=1S/C10H12N2O5/c1-5-2-7(11-17-5)9(14)12-4-6(13)3-8(12)10(15)16/h2,6,8,13H,3-4H2,1H3,(H,15,16)/t6-,8-/m0/s1. The Kier molecular flexibility index (Phi) is 2.84. The zero-order valence-corrected chi connectivity index (χ0v) is 9.16. The summed E-state index contributed by atoms with van der Waals surface area (Å²) in [4.78, 5) is 24.0. The summed E-state index contributed by atoms with van der Waals surface area (Å²) in [7, 11) is 0. The van der Waals surface area contributed by atoms with Crippen LogP contribution in [0.15, 0.2) is 10.6 Å². The third kappa shape index (κ3) is 2.14. The first-order valence-electron chi connectivity index (χ1n) is 5.14. The minimum absolute atomic E-state index is 0.00169. The SMILES string of the molecule is Cc1cc(C(=O)N2C[C@@H](O)C[C@H]2C(=O)O)no1. The second-order valence-corrected chi connectivity index (χ2v) is 4.02. The lowest BCUT2D eigenvalue weighted by Crippen LogP contribution is -2.40. The normalized spacial score (nSPS) is 24.0. The molecule has 0 aromatic carbocycles. The van der Waals surface area contributed by atoms with Crippen LogP contribution in [0.2, 0.25) is 0 Å². The Morgan fingerprint density at radius 2 is 2.29 bits per heavy atom. The van der Waals surface area contributed by atoms with Crippen molar-refractivity contribution in [1.82, 2.24) is 10.1 Å². The fraction of sp³-hybridized carbons (Fsp3) is 0.500. The number of aromatic nitrogens is 1. The van der Waals surface area contributed by atoms with Crippen molar-refractivity contribution >= 4 is 11.9 Å². The summed E-state index contributed by atoms with van der Waals surface area (Å²) in [5, 5.41) is 21.9. The molecule has 2 heterocycles. The number of aliphatic hydroxyl groups is 1. The van der Waals surface area contributed by atoms with Gasteiger partial charge in [0, 0.05) is 19.0 Å². The number of aliphatic hydroxyl groups excluding tert-OH is 1. The van der Waals surface area contributed by atoms with E-state index in [2.05, 4.69) is 5.16 Å². The molecule has 0 unspecified atom stereocenters. The fourth-order valence-electron chi connectivity index (χ4n) is 1.89. The molecule has 1 aliphatic rings. The number of aliphatic carboxylic acids is 1. The molecular weight excluding hydrogens is 228 g/mol. The largest absolute Gasteiger partial charge is 0.480 e. The molecule has 7 heteroatoms. The topological polar surface area (TPSA) is 104 Å². The van der Waals surface area contributed by atoms with Gasteiger partial charge in [-0.25, -0.2) is 4.79 Å². The van der Waals surface area contributed by atoms with Gasteiger partial charge in [-0.15, -0.1) is 0 Å². The molecule has 1 saturated heterocycles. The van der Waals surface area contributed by atoms with Crippen LogP contribution in [0.25, 0.3) is 0 Å². The summed E-state index contributed by atoms with van der Waals surface area (Å²) in [6.07, 6.45) is -0.772. The number of hydrogen-bond acceptors (Lipinski definition) is 5. The number of carboxylic acids is 1. The van der Waals surface area contributed by atoms with E-state index in [1.54, 1.807) is 6.92 Å². The first-order chi connectivity index (χ1) is 7.99. The third-order valence-electron chi connectivity index (χ3n) is 2.67. The van der Waals surface area contributed by atoms with Crippen LogP contribution in [-0.4, -0.2) is 50.8 Å². The molecule has 1 aromatic heterocycles. The highest BCUT2D eigenvalue weighted by Gasteiger charge is 2.40. The van der Waals surface area contributed by atoms with E-state index in [0.717, 1.165) is 4.90 Å². The van der Waals surface area contributed by atoms with E-state index in [9.17, 15) is 14.7 Å². The summed E-state index contributed by atoms with van der Waals surface area (Å²) in [5.74, 6) is -1.19. The monoisotopic (exact) mass is 240 g/mol. The van der Waals surface area contributed by atoms with Gasteiger partial charge < -0.3 is 19.6 Å². The van der Waals surface area contributed by atoms with E-state index in [-0.39, 0.29) is 18.7 Å². The first-order valence-corrected chi connectivity index (χ1v) is 5.14. The molecule has 0 saturated carbocycles. The molecule has 2 N–H and O–H groups in total. The first kappa shape index (κ1) is 11.6. The van der Waals surface area contributed by atoms with Gasteiger partial charge in [0.15, 0.2) is 5.69 Å². The molecule has 1 amide bonds. The number of likely N-dealkylation sites (tertiary alicyclic amines) is 1. The van der Waals surface area contributed by atoms with Crippen molar-refractivity contribution in [2.24, 2.45) is 0 Å². The molecule has 92 valence electrons. The van der Waals surface area contributed by atoms with Crippen molar-refractivity contribution in [1.29, 1.82) is 0 Å². The van der Waals surface area contributed by atoms with Crippen LogP contribution in [0.4, 0.5) is 0 Å². The second kappa shape index (κ2) is 4.17. The van der Waals surface area contributed by atoms with E-state index in [0.29, 0.717) is 5.76 Å². The van der Waals surface area contributed by atoms with Crippen LogP contribution < -0.4 is 0 Å². The Labute approximate surface area is 96.6 Å². The van der Waals surface area contributed by atoms with Crippen LogP contribution in [0.5, 0.6) is 0 Å². The fourth-order valence-corrected chi connectivity index (χ4v) is 1.89. The van der Waals surface area contributed by atoms with Gasteiger partial charge in [0.25, 0.3) is 5.91 Å². The van der Waals surface area contributed by atoms with E-state index >= 15 is 0 Å². The van der Waals surface area contributed by atoms with Crippen molar-refractivity contribution in [2.75, 3.05) is 6.54 Å². The number of carbonyl (C=O) groups is 2. The Hall–Kier alpha value is -1.89. The summed E-state index contributed by atoms with van der Waals surface area (Å²) in [5.41, 5.74) is 0.0582. The van der Waals surface area contributed by atoms with Crippen molar-refractivity contribution in [3.63, 3.8) is 0 Å². The maximum absolute atomic E-state index is 11.9. The number of nitrogens with zero attached hydrogens (tertiary/aromatic N) is 2. The number of aryl methyl sites for hydroxylation is 1. The Morgan fingerprint density at radius 1 is 1.59 bits per heavy atom. The van der Waals surface area contributed by atoms with Crippen molar-refractivity contribution in [3.8, 4) is 0 Å². The minimum Gasteiger partial charge on any atom is -0.480 e. The molecule has 0 radical (unpaired) electrons. The highest BCUT2D eigenvalue weighted by atomic mass is 16.5. The zero-order chi connectivity index (χ0) is 12.6. The average Bonchev–Trinajstić information content (AvgIpc) is 2.83. The van der Waals surface area contributed by atoms with Crippen molar-refractivity contribution in [2.45, 2.75) is 25.5 Å². The minimum atomic E-state index is -1.13. The summed E-state index contributed by atoms with van der Waals surface area (Å²) < 4.78 is 4.76. The average molecular weight is 240 g/mol. The lowest BCUT2D eigenvalue weighted by Gasteiger charge is -2.19. The molecule has 0 aliphatic carbocycles. The molecule has 0 bridgehead atoms. The molecule has 17 heavy (non-hydrogen) atoms. The molecule has 2 atom stereocenters. The van der Waals surface area contributed by atoms with Crippen LogP contribution in [0.3, 0.4) is 0 Å². The number of hydrogen-bond donors (Lipinski definition) is 2. The molecule has 1 fully saturated rings. The van der Waals surface area contributed by atoms with Crippen LogP contribution in [0, 0.1) is 6.92 Å². The number of β-amino-alcohol motifs (C(OH)–C–C–N with tert-alkyl or cyclic N) is 1. The summed E-state index contributed by atoms with van der Waals surface area (Å²) in [6, 6.07) is 0.431.